The number of nitrogens with one attached hydrogen (secondary N) is 1. The lowest BCUT2D eigenvalue weighted by Gasteiger charge is -2.11. The molecule has 2 aromatic heterocycles. The van der Waals surface area contributed by atoms with Gasteiger partial charge in [-0.15, -0.1) is 11.3 Å². The van der Waals surface area contributed by atoms with Gasteiger partial charge in [-0.2, -0.15) is 0 Å². The van der Waals surface area contributed by atoms with Crippen LogP contribution in [0.4, 0.5) is 0 Å². The van der Waals surface area contributed by atoms with E-state index in [1.54, 1.807) is 7.05 Å². The van der Waals surface area contributed by atoms with E-state index >= 15 is 0 Å². The zero-order chi connectivity index (χ0) is 19.0. The van der Waals surface area contributed by atoms with Crippen LogP contribution < -0.4 is 16.6 Å². The topological polar surface area (TPSA) is 73.1 Å². The molecule has 6 nitrogen and oxygen atoms in total. The maximum absolute atomic E-state index is 13.0. The van der Waals surface area contributed by atoms with Crippen LogP contribution in [0.5, 0.6) is 0 Å². The summed E-state index contributed by atoms with van der Waals surface area (Å²) in [4.78, 5) is 40.0. The summed E-state index contributed by atoms with van der Waals surface area (Å²) in [6.07, 6.45) is 3.99. The van der Waals surface area contributed by atoms with Crippen molar-refractivity contribution < 1.29 is 4.79 Å². The summed E-state index contributed by atoms with van der Waals surface area (Å²) in [6, 6.07) is 9.53. The second-order valence-corrected chi connectivity index (χ2v) is 7.97. The standard InChI is InChI=1S/C20H21N3O3S/c1-22-19-17(14-9-5-6-10-15(14)27-19)18(25)23(20(22)26)12-16(24)21-11-13-7-3-2-4-8-13/h2-4,7-8H,5-6,9-12H2,1H3,(H,21,24). The summed E-state index contributed by atoms with van der Waals surface area (Å²) < 4.78 is 2.56. The van der Waals surface area contributed by atoms with Crippen LogP contribution in [0, 0.1) is 0 Å². The summed E-state index contributed by atoms with van der Waals surface area (Å²) in [5, 5.41) is 3.40. The van der Waals surface area contributed by atoms with E-state index in [1.807, 2.05) is 30.3 Å². The van der Waals surface area contributed by atoms with Crippen LogP contribution in [0.2, 0.25) is 0 Å². The highest BCUT2D eigenvalue weighted by atomic mass is 32.1. The molecule has 0 aliphatic heterocycles. The number of amides is 1. The third-order valence-corrected chi connectivity index (χ3v) is 6.44. The summed E-state index contributed by atoms with van der Waals surface area (Å²) in [6.45, 7) is 0.101. The van der Waals surface area contributed by atoms with Crippen molar-refractivity contribution in [2.45, 2.75) is 38.8 Å². The van der Waals surface area contributed by atoms with Crippen molar-refractivity contribution >= 4 is 27.5 Å². The summed E-state index contributed by atoms with van der Waals surface area (Å²) in [7, 11) is 1.67. The molecule has 0 fully saturated rings. The van der Waals surface area contributed by atoms with Crippen molar-refractivity contribution in [2.75, 3.05) is 0 Å². The number of aromatic nitrogens is 2. The van der Waals surface area contributed by atoms with E-state index in [4.69, 9.17) is 0 Å². The molecule has 0 atom stereocenters. The molecule has 27 heavy (non-hydrogen) atoms. The minimum absolute atomic E-state index is 0.265. The number of benzene rings is 1. The van der Waals surface area contributed by atoms with E-state index in [2.05, 4.69) is 5.32 Å². The Balaban J connectivity index is 1.66. The summed E-state index contributed by atoms with van der Waals surface area (Å²) in [5.74, 6) is -0.346. The van der Waals surface area contributed by atoms with Crippen molar-refractivity contribution in [3.8, 4) is 0 Å². The Morgan fingerprint density at radius 2 is 1.89 bits per heavy atom. The predicted molar refractivity (Wildman–Crippen MR) is 106 cm³/mol. The number of fused-ring (bicyclic) bond motifs is 3. The second kappa shape index (κ2) is 7.15. The van der Waals surface area contributed by atoms with Crippen molar-refractivity contribution in [3.05, 3.63) is 67.2 Å². The molecular formula is C20H21N3O3S. The van der Waals surface area contributed by atoms with E-state index in [0.29, 0.717) is 11.9 Å². The smallest absolute Gasteiger partial charge is 0.332 e. The molecule has 2 heterocycles. The van der Waals surface area contributed by atoms with E-state index in [-0.39, 0.29) is 18.0 Å². The molecule has 140 valence electrons. The first kappa shape index (κ1) is 17.7. The molecule has 1 aliphatic carbocycles. The lowest BCUT2D eigenvalue weighted by atomic mass is 9.97. The maximum atomic E-state index is 13.0. The van der Waals surface area contributed by atoms with Crippen LogP contribution in [-0.4, -0.2) is 15.0 Å². The lowest BCUT2D eigenvalue weighted by molar-refractivity contribution is -0.121. The molecule has 3 aromatic rings. The second-order valence-electron chi connectivity index (χ2n) is 6.89. The number of hydrogen-bond donors (Lipinski definition) is 1. The van der Waals surface area contributed by atoms with Gasteiger partial charge in [0.15, 0.2) is 0 Å². The van der Waals surface area contributed by atoms with Crippen molar-refractivity contribution in [1.29, 1.82) is 0 Å². The lowest BCUT2D eigenvalue weighted by Crippen LogP contribution is -2.43. The van der Waals surface area contributed by atoms with Gasteiger partial charge in [0.25, 0.3) is 5.56 Å². The predicted octanol–water partition coefficient (Wildman–Crippen LogP) is 1.96. The quantitative estimate of drug-likeness (QED) is 0.749. The fourth-order valence-electron chi connectivity index (χ4n) is 3.63. The molecule has 0 radical (unpaired) electrons. The molecule has 0 unspecified atom stereocenters. The van der Waals surface area contributed by atoms with Crippen LogP contribution in [0.3, 0.4) is 0 Å². The Hall–Kier alpha value is -2.67. The van der Waals surface area contributed by atoms with Crippen LogP contribution >= 0.6 is 11.3 Å². The average Bonchev–Trinajstić information content (AvgIpc) is 3.09. The van der Waals surface area contributed by atoms with Gasteiger partial charge in [0.2, 0.25) is 5.91 Å². The van der Waals surface area contributed by atoms with Gasteiger partial charge in [-0.1, -0.05) is 30.3 Å². The van der Waals surface area contributed by atoms with E-state index in [1.165, 1.54) is 20.8 Å². The van der Waals surface area contributed by atoms with Crippen LogP contribution in [-0.2, 0) is 37.8 Å². The highest BCUT2D eigenvalue weighted by Crippen LogP contribution is 2.33. The van der Waals surface area contributed by atoms with Crippen LogP contribution in [0.25, 0.3) is 10.2 Å². The van der Waals surface area contributed by atoms with Gasteiger partial charge in [0.1, 0.15) is 11.4 Å². The Labute approximate surface area is 160 Å². The molecule has 0 spiro atoms. The van der Waals surface area contributed by atoms with Crippen molar-refractivity contribution in [2.24, 2.45) is 7.05 Å². The van der Waals surface area contributed by atoms with E-state index in [9.17, 15) is 14.4 Å². The largest absolute Gasteiger partial charge is 0.350 e. The first-order chi connectivity index (χ1) is 13.1. The molecule has 1 aliphatic rings. The minimum atomic E-state index is -0.444. The fraction of sp³-hybridized carbons (Fsp3) is 0.350. The average molecular weight is 383 g/mol. The highest BCUT2D eigenvalue weighted by Gasteiger charge is 2.23. The number of aryl methyl sites for hydroxylation is 3. The molecule has 0 bridgehead atoms. The monoisotopic (exact) mass is 383 g/mol. The maximum Gasteiger partial charge on any atom is 0.332 e. The minimum Gasteiger partial charge on any atom is -0.350 e. The van der Waals surface area contributed by atoms with Gasteiger partial charge in [0.05, 0.1) is 5.39 Å². The Morgan fingerprint density at radius 3 is 2.67 bits per heavy atom. The Bertz CT molecular complexity index is 1130. The first-order valence-electron chi connectivity index (χ1n) is 9.11. The molecule has 4 rings (SSSR count). The van der Waals surface area contributed by atoms with Gasteiger partial charge in [-0.05, 0) is 36.8 Å². The Kier molecular flexibility index (Phi) is 4.70. The van der Waals surface area contributed by atoms with Crippen molar-refractivity contribution in [1.82, 2.24) is 14.5 Å². The molecule has 7 heteroatoms. The molecule has 0 saturated carbocycles. The third kappa shape index (κ3) is 3.23. The highest BCUT2D eigenvalue weighted by molar-refractivity contribution is 7.18. The van der Waals surface area contributed by atoms with Gasteiger partial charge >= 0.3 is 5.69 Å². The number of rotatable bonds is 4. The Morgan fingerprint density at radius 1 is 1.15 bits per heavy atom. The summed E-state index contributed by atoms with van der Waals surface area (Å²) in [5.41, 5.74) is 1.25. The molecule has 1 aromatic carbocycles. The number of carbonyl (C=O) groups excluding carboxylic acids is 1. The van der Waals surface area contributed by atoms with Gasteiger partial charge < -0.3 is 5.32 Å². The van der Waals surface area contributed by atoms with Gasteiger partial charge in [-0.3, -0.25) is 18.7 Å². The number of carbonyl (C=O) groups is 1. The number of thiophene rings is 1. The summed E-state index contributed by atoms with van der Waals surface area (Å²) >= 11 is 1.54. The molecule has 1 amide bonds. The van der Waals surface area contributed by atoms with Crippen molar-refractivity contribution in [3.63, 3.8) is 0 Å². The SMILES string of the molecule is Cn1c(=O)n(CC(=O)NCc2ccccc2)c(=O)c2c3c(sc21)CCCC3. The van der Waals surface area contributed by atoms with Crippen LogP contribution in [0.1, 0.15) is 28.8 Å². The molecule has 1 N–H and O–H groups in total. The first-order valence-corrected chi connectivity index (χ1v) is 9.92. The normalized spacial score (nSPS) is 13.5. The van der Waals surface area contributed by atoms with Gasteiger partial charge in [0, 0.05) is 18.5 Å². The van der Waals surface area contributed by atoms with Gasteiger partial charge in [-0.25, -0.2) is 4.79 Å². The van der Waals surface area contributed by atoms with Crippen LogP contribution in [0.15, 0.2) is 39.9 Å². The van der Waals surface area contributed by atoms with E-state index < -0.39 is 5.69 Å². The fourth-order valence-corrected chi connectivity index (χ4v) is 4.97. The molecular weight excluding hydrogens is 362 g/mol. The zero-order valence-corrected chi connectivity index (χ0v) is 16.0. The zero-order valence-electron chi connectivity index (χ0n) is 15.2. The third-order valence-electron chi connectivity index (χ3n) is 5.07. The van der Waals surface area contributed by atoms with E-state index in [0.717, 1.165) is 46.2 Å². The number of hydrogen-bond acceptors (Lipinski definition) is 4. The molecule has 0 saturated heterocycles. The number of nitrogens with zero attached hydrogens (tertiary/aromatic N) is 2.